The Morgan fingerprint density at radius 2 is 2.05 bits per heavy atom. The number of nitrogens with zero attached hydrogens (tertiary/aromatic N) is 3. The van der Waals surface area contributed by atoms with Gasteiger partial charge in [0.05, 0.1) is 11.1 Å². The molecule has 1 aromatic heterocycles. The average Bonchev–Trinajstić information content (AvgIpc) is 3.27. The van der Waals surface area contributed by atoms with Gasteiger partial charge in [-0.1, -0.05) is 0 Å². The lowest BCUT2D eigenvalue weighted by molar-refractivity contribution is -0.385. The number of aromatic nitrogens is 2. The molecular weight excluding hydrogens is 260 g/mol. The minimum atomic E-state index is -0.534. The largest absolute Gasteiger partial charge is 0.348 e. The van der Waals surface area contributed by atoms with Gasteiger partial charge in [0.15, 0.2) is 0 Å². The molecule has 0 spiro atoms. The normalized spacial score (nSPS) is 18.4. The predicted molar refractivity (Wildman–Crippen MR) is 72.4 cm³/mol. The molecule has 0 radical (unpaired) electrons. The number of hydrogen-bond donors (Lipinski definition) is 1. The zero-order valence-electron chi connectivity index (χ0n) is 11.2. The third-order valence-corrected chi connectivity index (χ3v) is 4.04. The first-order valence-electron chi connectivity index (χ1n) is 7.09. The van der Waals surface area contributed by atoms with Crippen molar-refractivity contribution in [2.75, 3.05) is 6.54 Å². The van der Waals surface area contributed by atoms with Crippen LogP contribution in [0.15, 0.2) is 17.2 Å². The van der Waals surface area contributed by atoms with Crippen LogP contribution in [-0.4, -0.2) is 27.1 Å². The zero-order chi connectivity index (χ0) is 14.1. The minimum absolute atomic E-state index is 0.148. The molecule has 0 aromatic carbocycles. The van der Waals surface area contributed by atoms with Gasteiger partial charge >= 0.3 is 11.4 Å². The Kier molecular flexibility index (Phi) is 3.52. The summed E-state index contributed by atoms with van der Waals surface area (Å²) < 4.78 is 1.31. The predicted octanol–water partition coefficient (Wildman–Crippen LogP) is 0.930. The molecular formula is C13H18N4O3. The van der Waals surface area contributed by atoms with Crippen LogP contribution in [0.4, 0.5) is 5.69 Å². The highest BCUT2D eigenvalue weighted by Crippen LogP contribution is 2.44. The molecule has 0 saturated heterocycles. The Morgan fingerprint density at radius 1 is 1.40 bits per heavy atom. The van der Waals surface area contributed by atoms with Crippen LogP contribution >= 0.6 is 0 Å². The topological polar surface area (TPSA) is 90.1 Å². The highest BCUT2D eigenvalue weighted by molar-refractivity contribution is 5.20. The molecule has 20 heavy (non-hydrogen) atoms. The van der Waals surface area contributed by atoms with Crippen LogP contribution in [0.1, 0.15) is 25.7 Å². The molecule has 7 nitrogen and oxygen atoms in total. The highest BCUT2D eigenvalue weighted by Gasteiger charge is 2.40. The number of rotatable bonds is 7. The average molecular weight is 278 g/mol. The van der Waals surface area contributed by atoms with E-state index in [0.29, 0.717) is 19.1 Å². The van der Waals surface area contributed by atoms with Crippen LogP contribution < -0.4 is 11.0 Å². The molecule has 1 heterocycles. The first-order valence-corrected chi connectivity index (χ1v) is 7.09. The van der Waals surface area contributed by atoms with Crippen molar-refractivity contribution in [2.24, 2.45) is 11.8 Å². The second-order valence-electron chi connectivity index (χ2n) is 5.70. The summed E-state index contributed by atoms with van der Waals surface area (Å²) in [6.07, 6.45) is 7.46. The van der Waals surface area contributed by atoms with E-state index in [0.717, 1.165) is 18.0 Å². The lowest BCUT2D eigenvalue weighted by Gasteiger charge is -2.17. The molecule has 0 aliphatic heterocycles. The summed E-state index contributed by atoms with van der Waals surface area (Å²) in [6.45, 7) is 1.07. The Balaban J connectivity index is 1.58. The quantitative estimate of drug-likeness (QED) is 0.592. The standard InChI is InChI=1S/C13H18N4O3/c18-13-15-7-11(17(19)20)8-16(13)6-5-14-12(9-1-2-9)10-3-4-10/h7-10,12,14H,1-6H2. The summed E-state index contributed by atoms with van der Waals surface area (Å²) in [5, 5.41) is 14.2. The lowest BCUT2D eigenvalue weighted by Crippen LogP contribution is -2.37. The molecule has 3 rings (SSSR count). The van der Waals surface area contributed by atoms with Crippen LogP contribution in [0.5, 0.6) is 0 Å². The van der Waals surface area contributed by atoms with E-state index in [2.05, 4.69) is 10.3 Å². The van der Waals surface area contributed by atoms with Crippen LogP contribution in [0.3, 0.4) is 0 Å². The van der Waals surface area contributed by atoms with Crippen molar-refractivity contribution in [3.8, 4) is 0 Å². The SMILES string of the molecule is O=c1ncc([N+](=O)[O-])cn1CCNC(C1CC1)C1CC1. The molecule has 0 atom stereocenters. The van der Waals surface area contributed by atoms with E-state index in [9.17, 15) is 14.9 Å². The maximum absolute atomic E-state index is 11.6. The van der Waals surface area contributed by atoms with Gasteiger partial charge in [-0.25, -0.2) is 4.79 Å². The van der Waals surface area contributed by atoms with Gasteiger partial charge in [0.25, 0.3) is 0 Å². The van der Waals surface area contributed by atoms with Gasteiger partial charge in [-0.2, -0.15) is 4.98 Å². The van der Waals surface area contributed by atoms with Crippen LogP contribution in [0.25, 0.3) is 0 Å². The van der Waals surface area contributed by atoms with Gasteiger partial charge < -0.3 is 5.32 Å². The maximum Gasteiger partial charge on any atom is 0.348 e. The molecule has 2 fully saturated rings. The van der Waals surface area contributed by atoms with Crippen molar-refractivity contribution < 1.29 is 4.92 Å². The van der Waals surface area contributed by atoms with E-state index in [1.807, 2.05) is 0 Å². The Hall–Kier alpha value is -1.76. The summed E-state index contributed by atoms with van der Waals surface area (Å²) in [4.78, 5) is 25.2. The summed E-state index contributed by atoms with van der Waals surface area (Å²) in [5.41, 5.74) is -0.586. The monoisotopic (exact) mass is 278 g/mol. The highest BCUT2D eigenvalue weighted by atomic mass is 16.6. The molecule has 2 aliphatic rings. The zero-order valence-corrected chi connectivity index (χ0v) is 11.2. The van der Waals surface area contributed by atoms with Gasteiger partial charge in [-0.15, -0.1) is 0 Å². The van der Waals surface area contributed by atoms with Crippen LogP contribution in [0.2, 0.25) is 0 Å². The first kappa shape index (κ1) is 13.2. The molecule has 2 saturated carbocycles. The van der Waals surface area contributed by atoms with Crippen molar-refractivity contribution in [2.45, 2.75) is 38.3 Å². The van der Waals surface area contributed by atoms with E-state index in [1.165, 1.54) is 36.4 Å². The number of nitrogens with one attached hydrogen (secondary N) is 1. The lowest BCUT2D eigenvalue weighted by atomic mass is 10.1. The molecule has 108 valence electrons. The molecule has 1 N–H and O–H groups in total. The molecule has 0 unspecified atom stereocenters. The fraction of sp³-hybridized carbons (Fsp3) is 0.692. The maximum atomic E-state index is 11.6. The van der Waals surface area contributed by atoms with E-state index in [1.54, 1.807) is 0 Å². The first-order chi connectivity index (χ1) is 9.65. The van der Waals surface area contributed by atoms with Crippen LogP contribution in [0, 0.1) is 22.0 Å². The Morgan fingerprint density at radius 3 is 2.60 bits per heavy atom. The van der Waals surface area contributed by atoms with Gasteiger partial charge in [0, 0.05) is 19.1 Å². The van der Waals surface area contributed by atoms with Gasteiger partial charge in [-0.3, -0.25) is 14.7 Å². The number of hydrogen-bond acceptors (Lipinski definition) is 5. The summed E-state index contributed by atoms with van der Waals surface area (Å²) in [6, 6.07) is 0.567. The summed E-state index contributed by atoms with van der Waals surface area (Å²) in [5.74, 6) is 1.59. The second-order valence-corrected chi connectivity index (χ2v) is 5.70. The van der Waals surface area contributed by atoms with Gasteiger partial charge in [0.2, 0.25) is 0 Å². The van der Waals surface area contributed by atoms with Crippen molar-refractivity contribution in [3.05, 3.63) is 33.0 Å². The molecule has 2 aliphatic carbocycles. The fourth-order valence-electron chi connectivity index (χ4n) is 2.68. The Labute approximate surface area is 116 Å². The fourth-order valence-corrected chi connectivity index (χ4v) is 2.68. The van der Waals surface area contributed by atoms with Crippen molar-refractivity contribution in [3.63, 3.8) is 0 Å². The van der Waals surface area contributed by atoms with Crippen molar-refractivity contribution >= 4 is 5.69 Å². The second kappa shape index (κ2) is 5.32. The summed E-state index contributed by atoms with van der Waals surface area (Å²) in [7, 11) is 0. The van der Waals surface area contributed by atoms with E-state index in [4.69, 9.17) is 0 Å². The Bertz CT molecular complexity index is 551. The van der Waals surface area contributed by atoms with Gasteiger partial charge in [-0.05, 0) is 37.5 Å². The van der Waals surface area contributed by atoms with E-state index < -0.39 is 10.6 Å². The van der Waals surface area contributed by atoms with Crippen LogP contribution in [-0.2, 0) is 6.54 Å². The molecule has 0 bridgehead atoms. The summed E-state index contributed by atoms with van der Waals surface area (Å²) >= 11 is 0. The molecule has 0 amide bonds. The van der Waals surface area contributed by atoms with Crippen molar-refractivity contribution in [1.82, 2.24) is 14.9 Å². The third-order valence-electron chi connectivity index (χ3n) is 4.04. The van der Waals surface area contributed by atoms with Gasteiger partial charge in [0.1, 0.15) is 6.20 Å². The van der Waals surface area contributed by atoms with E-state index in [-0.39, 0.29) is 5.69 Å². The molecule has 1 aromatic rings. The molecule has 7 heteroatoms. The third kappa shape index (κ3) is 3.04. The minimum Gasteiger partial charge on any atom is -0.312 e. The van der Waals surface area contributed by atoms with E-state index >= 15 is 0 Å². The smallest absolute Gasteiger partial charge is 0.312 e. The van der Waals surface area contributed by atoms with Crippen molar-refractivity contribution in [1.29, 1.82) is 0 Å². The number of nitro groups is 1.